The number of nitrogens with zero attached hydrogens (tertiary/aromatic N) is 2. The van der Waals surface area contributed by atoms with Crippen molar-refractivity contribution in [2.24, 2.45) is 10.2 Å². The summed E-state index contributed by atoms with van der Waals surface area (Å²) in [5.74, 6) is 0.487. The zero-order valence-electron chi connectivity index (χ0n) is 14.3. The van der Waals surface area contributed by atoms with E-state index in [1.165, 1.54) is 0 Å². The van der Waals surface area contributed by atoms with Crippen LogP contribution in [0.15, 0.2) is 34.5 Å². The van der Waals surface area contributed by atoms with E-state index < -0.39 is 12.5 Å². The Labute approximate surface area is 139 Å². The average molecular weight is 322 g/mol. The van der Waals surface area contributed by atoms with Crippen LogP contribution >= 0.6 is 0 Å². The van der Waals surface area contributed by atoms with Gasteiger partial charge in [-0.1, -0.05) is 51.7 Å². The molecule has 23 heavy (non-hydrogen) atoms. The van der Waals surface area contributed by atoms with Gasteiger partial charge in [-0.15, -0.1) is 5.11 Å². The van der Waals surface area contributed by atoms with Crippen LogP contribution in [0.25, 0.3) is 0 Å². The molecule has 2 atom stereocenters. The van der Waals surface area contributed by atoms with Gasteiger partial charge in [-0.05, 0) is 31.4 Å². The predicted molar refractivity (Wildman–Crippen MR) is 91.9 cm³/mol. The Hall–Kier alpha value is -1.46. The van der Waals surface area contributed by atoms with E-state index in [0.29, 0.717) is 24.3 Å². The van der Waals surface area contributed by atoms with Crippen LogP contribution in [0.2, 0.25) is 0 Å². The molecule has 130 valence electrons. The van der Waals surface area contributed by atoms with Gasteiger partial charge in [-0.3, -0.25) is 0 Å². The van der Waals surface area contributed by atoms with Crippen molar-refractivity contribution in [3.05, 3.63) is 24.3 Å². The molecule has 0 heterocycles. The Morgan fingerprint density at radius 1 is 0.957 bits per heavy atom. The van der Waals surface area contributed by atoms with Gasteiger partial charge >= 0.3 is 0 Å². The third-order valence-electron chi connectivity index (χ3n) is 3.55. The molecule has 1 aromatic carbocycles. The third kappa shape index (κ3) is 8.67. The number of para-hydroxylation sites is 1. The molecule has 5 nitrogen and oxygen atoms in total. The van der Waals surface area contributed by atoms with Gasteiger partial charge in [0.05, 0.1) is 0 Å². The van der Waals surface area contributed by atoms with Crippen LogP contribution in [-0.4, -0.2) is 22.7 Å². The van der Waals surface area contributed by atoms with E-state index in [1.807, 2.05) is 12.1 Å². The lowest BCUT2D eigenvalue weighted by Crippen LogP contribution is -2.15. The minimum absolute atomic E-state index is 0.487. The summed E-state index contributed by atoms with van der Waals surface area (Å²) in [6.07, 6.45) is 5.81. The van der Waals surface area contributed by atoms with E-state index >= 15 is 0 Å². The summed E-state index contributed by atoms with van der Waals surface area (Å²) in [5.41, 5.74) is 0.525. The van der Waals surface area contributed by atoms with Gasteiger partial charge in [0.15, 0.2) is 12.5 Å². The van der Waals surface area contributed by atoms with Crippen molar-refractivity contribution >= 4 is 5.69 Å². The molecule has 0 aliphatic rings. The monoisotopic (exact) mass is 322 g/mol. The van der Waals surface area contributed by atoms with E-state index in [0.717, 1.165) is 38.5 Å². The van der Waals surface area contributed by atoms with Crippen LogP contribution in [0.5, 0.6) is 5.75 Å². The first-order valence-electron chi connectivity index (χ1n) is 8.70. The molecule has 0 aliphatic heterocycles. The van der Waals surface area contributed by atoms with Gasteiger partial charge < -0.3 is 14.9 Å². The Balaban J connectivity index is 2.55. The molecule has 1 rings (SSSR count). The molecular formula is C18H30N2O3. The fourth-order valence-corrected chi connectivity index (χ4v) is 2.18. The largest absolute Gasteiger partial charge is 0.463 e. The quantitative estimate of drug-likeness (QED) is 0.325. The molecule has 0 amide bonds. The topological polar surface area (TPSA) is 74.4 Å². The van der Waals surface area contributed by atoms with Crippen molar-refractivity contribution < 1.29 is 14.9 Å². The summed E-state index contributed by atoms with van der Waals surface area (Å²) < 4.78 is 5.54. The second kappa shape index (κ2) is 12.0. The van der Waals surface area contributed by atoms with Crippen molar-refractivity contribution in [3.8, 4) is 5.75 Å². The first kappa shape index (κ1) is 19.6. The van der Waals surface area contributed by atoms with Gasteiger partial charge in [0.25, 0.3) is 0 Å². The highest BCUT2D eigenvalue weighted by molar-refractivity contribution is 5.50. The summed E-state index contributed by atoms with van der Waals surface area (Å²) in [7, 11) is 0. The molecule has 2 N–H and O–H groups in total. The summed E-state index contributed by atoms with van der Waals surface area (Å²) in [4.78, 5) is 0. The van der Waals surface area contributed by atoms with E-state index in [2.05, 4.69) is 24.1 Å². The fourth-order valence-electron chi connectivity index (χ4n) is 2.18. The third-order valence-corrected chi connectivity index (χ3v) is 3.55. The minimum atomic E-state index is -0.840. The Morgan fingerprint density at radius 2 is 1.61 bits per heavy atom. The second-order valence-corrected chi connectivity index (χ2v) is 5.73. The number of azo groups is 1. The van der Waals surface area contributed by atoms with Crippen molar-refractivity contribution in [1.82, 2.24) is 0 Å². The number of unbranched alkanes of at least 4 members (excludes halogenated alkanes) is 4. The van der Waals surface area contributed by atoms with Crippen LogP contribution in [0.4, 0.5) is 5.69 Å². The standard InChI is InChI=1S/C18H30N2O3/c1-3-5-7-13-17(21)20-19-15-11-9-10-12-16(15)23-18(22)14-8-6-4-2/h9-12,17-18,21-22H,3-8,13-14H2,1-2H3. The second-order valence-electron chi connectivity index (χ2n) is 5.73. The number of aliphatic hydroxyl groups excluding tert-OH is 2. The first-order chi connectivity index (χ1) is 11.2. The maximum Gasteiger partial charge on any atom is 0.197 e. The van der Waals surface area contributed by atoms with Gasteiger partial charge in [-0.2, -0.15) is 5.11 Å². The van der Waals surface area contributed by atoms with Crippen LogP contribution < -0.4 is 4.74 Å². The van der Waals surface area contributed by atoms with Crippen LogP contribution in [0.1, 0.15) is 65.2 Å². The number of benzene rings is 1. The van der Waals surface area contributed by atoms with Crippen LogP contribution in [0.3, 0.4) is 0 Å². The number of hydrogen-bond donors (Lipinski definition) is 2. The average Bonchev–Trinajstić information content (AvgIpc) is 2.54. The SMILES string of the molecule is CCCCCC(O)N=Nc1ccccc1OC(O)CCCCC. The summed E-state index contributed by atoms with van der Waals surface area (Å²) in [6.45, 7) is 4.24. The highest BCUT2D eigenvalue weighted by Gasteiger charge is 2.09. The lowest BCUT2D eigenvalue weighted by Gasteiger charge is -2.14. The molecule has 0 fully saturated rings. The van der Waals surface area contributed by atoms with E-state index in [9.17, 15) is 10.2 Å². The molecule has 0 aliphatic carbocycles. The summed E-state index contributed by atoms with van der Waals surface area (Å²) >= 11 is 0. The normalized spacial score (nSPS) is 14.1. The summed E-state index contributed by atoms with van der Waals surface area (Å²) in [5, 5.41) is 27.7. The van der Waals surface area contributed by atoms with Gasteiger partial charge in [0.1, 0.15) is 11.4 Å². The molecule has 2 unspecified atom stereocenters. The molecule has 5 heteroatoms. The molecule has 0 spiro atoms. The lowest BCUT2D eigenvalue weighted by atomic mass is 10.2. The zero-order valence-corrected chi connectivity index (χ0v) is 14.3. The molecule has 0 saturated carbocycles. The predicted octanol–water partition coefficient (Wildman–Crippen LogP) is 4.95. The van der Waals surface area contributed by atoms with Crippen molar-refractivity contribution in [2.45, 2.75) is 77.7 Å². The minimum Gasteiger partial charge on any atom is -0.463 e. The zero-order chi connectivity index (χ0) is 16.9. The van der Waals surface area contributed by atoms with Gasteiger partial charge in [-0.25, -0.2) is 0 Å². The van der Waals surface area contributed by atoms with Crippen molar-refractivity contribution in [3.63, 3.8) is 0 Å². The number of hydrogen-bond acceptors (Lipinski definition) is 5. The Morgan fingerprint density at radius 3 is 2.30 bits per heavy atom. The van der Waals surface area contributed by atoms with Crippen LogP contribution in [0, 0.1) is 0 Å². The summed E-state index contributed by atoms with van der Waals surface area (Å²) in [6, 6.07) is 7.16. The maximum atomic E-state index is 9.93. The Kier molecular flexibility index (Phi) is 10.2. The van der Waals surface area contributed by atoms with Crippen molar-refractivity contribution in [2.75, 3.05) is 0 Å². The fraction of sp³-hybridized carbons (Fsp3) is 0.667. The highest BCUT2D eigenvalue weighted by atomic mass is 16.6. The molecule has 1 aromatic rings. The van der Waals surface area contributed by atoms with Crippen molar-refractivity contribution in [1.29, 1.82) is 0 Å². The van der Waals surface area contributed by atoms with E-state index in [-0.39, 0.29) is 0 Å². The number of ether oxygens (including phenoxy) is 1. The first-order valence-corrected chi connectivity index (χ1v) is 8.70. The van der Waals surface area contributed by atoms with E-state index in [1.54, 1.807) is 12.1 Å². The maximum absolute atomic E-state index is 9.93. The molecule has 0 radical (unpaired) electrons. The van der Waals surface area contributed by atoms with E-state index in [4.69, 9.17) is 4.74 Å². The smallest absolute Gasteiger partial charge is 0.197 e. The molecular weight excluding hydrogens is 292 g/mol. The lowest BCUT2D eigenvalue weighted by molar-refractivity contribution is -0.0241. The molecule has 0 bridgehead atoms. The Bertz CT molecular complexity index is 452. The van der Waals surface area contributed by atoms with Gasteiger partial charge in [0.2, 0.25) is 0 Å². The number of aliphatic hydroxyl groups is 2. The molecule has 0 aromatic heterocycles. The number of rotatable bonds is 12. The highest BCUT2D eigenvalue weighted by Crippen LogP contribution is 2.29. The molecule has 0 saturated heterocycles. The van der Waals surface area contributed by atoms with Gasteiger partial charge in [0, 0.05) is 6.42 Å². The van der Waals surface area contributed by atoms with Crippen LogP contribution in [-0.2, 0) is 0 Å².